The fourth-order valence-electron chi connectivity index (χ4n) is 3.66. The van der Waals surface area contributed by atoms with Gasteiger partial charge in [0.25, 0.3) is 5.91 Å². The van der Waals surface area contributed by atoms with Crippen molar-refractivity contribution in [3.8, 4) is 0 Å². The van der Waals surface area contributed by atoms with Gasteiger partial charge >= 0.3 is 6.18 Å². The van der Waals surface area contributed by atoms with Crippen molar-refractivity contribution in [2.45, 2.75) is 18.0 Å². The van der Waals surface area contributed by atoms with Gasteiger partial charge < -0.3 is 10.2 Å². The Labute approximate surface area is 204 Å². The van der Waals surface area contributed by atoms with E-state index < -0.39 is 17.6 Å². The summed E-state index contributed by atoms with van der Waals surface area (Å²) >= 11 is 7.49. The minimum absolute atomic E-state index is 0.00731. The van der Waals surface area contributed by atoms with Crippen molar-refractivity contribution in [3.63, 3.8) is 0 Å². The Morgan fingerprint density at radius 2 is 1.76 bits per heavy atom. The molecule has 0 saturated carbocycles. The van der Waals surface area contributed by atoms with Crippen LogP contribution in [0.25, 0.3) is 0 Å². The first-order valence-electron chi connectivity index (χ1n) is 10.5. The third-order valence-electron chi connectivity index (χ3n) is 5.45. The molecular formula is C25H20ClF3N2O2S. The van der Waals surface area contributed by atoms with Crippen LogP contribution in [0, 0.1) is 0 Å². The molecule has 0 aliphatic carbocycles. The second-order valence-corrected chi connectivity index (χ2v) is 9.23. The third-order valence-corrected chi connectivity index (χ3v) is 7.04. The lowest BCUT2D eigenvalue weighted by atomic mass is 10.1. The molecule has 2 amide bonds. The Bertz CT molecular complexity index is 1190. The van der Waals surface area contributed by atoms with Crippen LogP contribution >= 0.6 is 23.4 Å². The third kappa shape index (κ3) is 5.56. The van der Waals surface area contributed by atoms with Gasteiger partial charge in [-0.15, -0.1) is 11.8 Å². The Kier molecular flexibility index (Phi) is 7.19. The lowest BCUT2D eigenvalue weighted by molar-refractivity contribution is -0.137. The highest BCUT2D eigenvalue weighted by molar-refractivity contribution is 8.00. The average molecular weight is 505 g/mol. The van der Waals surface area contributed by atoms with Gasteiger partial charge in [0, 0.05) is 12.1 Å². The molecule has 4 nitrogen and oxygen atoms in total. The van der Waals surface area contributed by atoms with Gasteiger partial charge in [-0.25, -0.2) is 0 Å². The van der Waals surface area contributed by atoms with E-state index in [1.54, 1.807) is 24.3 Å². The second kappa shape index (κ2) is 10.1. The SMILES string of the molecule is O=C(Nc1cc(C(F)(F)F)ccc1Cl)c1ccc([C@H]2SCC(=O)N2CCc2ccccc2)cc1. The summed E-state index contributed by atoms with van der Waals surface area (Å²) in [6.45, 7) is 0.580. The summed E-state index contributed by atoms with van der Waals surface area (Å²) in [5.74, 6) is -0.133. The van der Waals surface area contributed by atoms with Crippen molar-refractivity contribution in [2.24, 2.45) is 0 Å². The van der Waals surface area contributed by atoms with Gasteiger partial charge in [0.1, 0.15) is 5.37 Å². The Morgan fingerprint density at radius 3 is 2.44 bits per heavy atom. The van der Waals surface area contributed by atoms with E-state index in [1.807, 2.05) is 35.2 Å². The average Bonchev–Trinajstić information content (AvgIpc) is 3.19. The van der Waals surface area contributed by atoms with Crippen molar-refractivity contribution in [2.75, 3.05) is 17.6 Å². The lowest BCUT2D eigenvalue weighted by Gasteiger charge is -2.24. The fourth-order valence-corrected chi connectivity index (χ4v) is 5.04. The predicted molar refractivity (Wildman–Crippen MR) is 128 cm³/mol. The zero-order valence-corrected chi connectivity index (χ0v) is 19.4. The quantitative estimate of drug-likeness (QED) is 0.421. The molecule has 1 fully saturated rings. The van der Waals surface area contributed by atoms with Gasteiger partial charge in [0.15, 0.2) is 0 Å². The molecule has 1 saturated heterocycles. The van der Waals surface area contributed by atoms with Gasteiger partial charge in [-0.1, -0.05) is 54.1 Å². The smallest absolute Gasteiger partial charge is 0.326 e. The molecule has 3 aromatic carbocycles. The molecule has 1 aliphatic rings. The van der Waals surface area contributed by atoms with Crippen molar-refractivity contribution < 1.29 is 22.8 Å². The molecule has 0 bridgehead atoms. The van der Waals surface area contributed by atoms with Gasteiger partial charge in [0.05, 0.1) is 22.0 Å². The van der Waals surface area contributed by atoms with E-state index in [4.69, 9.17) is 11.6 Å². The Hall–Kier alpha value is -2.97. The number of hydrogen-bond donors (Lipinski definition) is 1. The highest BCUT2D eigenvalue weighted by Crippen LogP contribution is 2.39. The maximum absolute atomic E-state index is 13.0. The lowest BCUT2D eigenvalue weighted by Crippen LogP contribution is -2.30. The molecule has 1 aliphatic heterocycles. The molecule has 1 N–H and O–H groups in total. The number of rotatable bonds is 6. The number of carbonyl (C=O) groups is 2. The van der Waals surface area contributed by atoms with Crippen molar-refractivity contribution in [1.29, 1.82) is 0 Å². The largest absolute Gasteiger partial charge is 0.416 e. The number of halogens is 4. The molecule has 34 heavy (non-hydrogen) atoms. The van der Waals surface area contributed by atoms with E-state index in [0.29, 0.717) is 12.3 Å². The minimum atomic E-state index is -4.55. The molecule has 0 unspecified atom stereocenters. The molecule has 0 spiro atoms. The number of nitrogens with one attached hydrogen (secondary N) is 1. The number of alkyl halides is 3. The van der Waals surface area contributed by atoms with E-state index in [1.165, 1.54) is 11.8 Å². The summed E-state index contributed by atoms with van der Waals surface area (Å²) in [6.07, 6.45) is -3.81. The number of thioether (sulfide) groups is 1. The van der Waals surface area contributed by atoms with E-state index in [-0.39, 0.29) is 27.6 Å². The van der Waals surface area contributed by atoms with E-state index in [9.17, 15) is 22.8 Å². The van der Waals surface area contributed by atoms with Gasteiger partial charge in [-0.3, -0.25) is 9.59 Å². The van der Waals surface area contributed by atoms with Gasteiger partial charge in [-0.05, 0) is 47.9 Å². The predicted octanol–water partition coefficient (Wildman–Crippen LogP) is 6.43. The normalized spacial score (nSPS) is 16.1. The first-order valence-corrected chi connectivity index (χ1v) is 11.9. The maximum atomic E-state index is 13.0. The number of nitrogens with zero attached hydrogens (tertiary/aromatic N) is 1. The molecule has 9 heteroatoms. The van der Waals surface area contributed by atoms with Crippen LogP contribution in [0.4, 0.5) is 18.9 Å². The molecule has 3 aromatic rings. The summed E-state index contributed by atoms with van der Waals surface area (Å²) in [7, 11) is 0. The monoisotopic (exact) mass is 504 g/mol. The van der Waals surface area contributed by atoms with Crippen molar-refractivity contribution in [3.05, 3.63) is 100 Å². The zero-order valence-electron chi connectivity index (χ0n) is 17.8. The number of amides is 2. The van der Waals surface area contributed by atoms with Crippen LogP contribution < -0.4 is 5.32 Å². The maximum Gasteiger partial charge on any atom is 0.416 e. The number of benzene rings is 3. The van der Waals surface area contributed by atoms with Crippen LogP contribution in [0.5, 0.6) is 0 Å². The standard InChI is InChI=1S/C25H20ClF3N2O2S/c26-20-11-10-19(25(27,28)29)14-21(20)30-23(33)17-6-8-18(9-7-17)24-31(22(32)15-34-24)13-12-16-4-2-1-3-5-16/h1-11,14,24H,12-13,15H2,(H,30,33)/t24-/m1/s1. The number of anilines is 1. The summed E-state index contributed by atoms with van der Waals surface area (Å²) in [6, 6.07) is 19.4. The minimum Gasteiger partial charge on any atom is -0.326 e. The molecular weight excluding hydrogens is 485 g/mol. The van der Waals surface area contributed by atoms with Crippen LogP contribution in [-0.4, -0.2) is 29.0 Å². The molecule has 1 atom stereocenters. The van der Waals surface area contributed by atoms with Gasteiger partial charge in [-0.2, -0.15) is 13.2 Å². The van der Waals surface area contributed by atoms with E-state index in [2.05, 4.69) is 5.32 Å². The summed E-state index contributed by atoms with van der Waals surface area (Å²) in [5, 5.41) is 2.29. The second-order valence-electron chi connectivity index (χ2n) is 7.75. The number of hydrogen-bond acceptors (Lipinski definition) is 3. The van der Waals surface area contributed by atoms with Crippen LogP contribution in [0.3, 0.4) is 0 Å². The van der Waals surface area contributed by atoms with Crippen LogP contribution in [0.1, 0.15) is 32.4 Å². The summed E-state index contributed by atoms with van der Waals surface area (Å²) in [4.78, 5) is 26.9. The fraction of sp³-hybridized carbons (Fsp3) is 0.200. The topological polar surface area (TPSA) is 49.4 Å². The van der Waals surface area contributed by atoms with Gasteiger partial charge in [0.2, 0.25) is 5.91 Å². The Morgan fingerprint density at radius 1 is 1.06 bits per heavy atom. The van der Waals surface area contributed by atoms with Crippen LogP contribution in [0.2, 0.25) is 5.02 Å². The first-order chi connectivity index (χ1) is 16.2. The molecule has 1 heterocycles. The molecule has 0 radical (unpaired) electrons. The molecule has 176 valence electrons. The molecule has 0 aromatic heterocycles. The summed E-state index contributed by atoms with van der Waals surface area (Å²) < 4.78 is 38.9. The van der Waals surface area contributed by atoms with Crippen LogP contribution in [0.15, 0.2) is 72.8 Å². The highest BCUT2D eigenvalue weighted by atomic mass is 35.5. The summed E-state index contributed by atoms with van der Waals surface area (Å²) in [5.41, 5.74) is 1.27. The molecule has 4 rings (SSSR count). The van der Waals surface area contributed by atoms with E-state index in [0.717, 1.165) is 35.7 Å². The zero-order chi connectivity index (χ0) is 24.3. The van der Waals surface area contributed by atoms with Crippen molar-refractivity contribution in [1.82, 2.24) is 4.90 Å². The van der Waals surface area contributed by atoms with E-state index >= 15 is 0 Å². The van der Waals surface area contributed by atoms with Crippen molar-refractivity contribution >= 4 is 40.9 Å². The van der Waals surface area contributed by atoms with Crippen LogP contribution in [-0.2, 0) is 17.4 Å². The first kappa shape index (κ1) is 24.2. The number of carbonyl (C=O) groups excluding carboxylic acids is 2. The highest BCUT2D eigenvalue weighted by Gasteiger charge is 2.33. The Balaban J connectivity index is 1.45.